The van der Waals surface area contributed by atoms with Gasteiger partial charge in [-0.15, -0.1) is 0 Å². The number of H-pyrrole nitrogens is 1. The van der Waals surface area contributed by atoms with Crippen LogP contribution in [0.4, 0.5) is 5.69 Å². The smallest absolute Gasteiger partial charge is 0.257 e. The van der Waals surface area contributed by atoms with Crippen LogP contribution in [0.2, 0.25) is 0 Å². The number of rotatable bonds is 3. The van der Waals surface area contributed by atoms with Gasteiger partial charge in [0.1, 0.15) is 17.1 Å². The molecule has 0 aliphatic rings. The van der Waals surface area contributed by atoms with Crippen LogP contribution in [0, 0.1) is 0 Å². The number of phenolic OH excluding ortho intramolecular Hbond substituents is 2. The molecule has 2 aromatic carbocycles. The fraction of sp³-hybridized carbons (Fsp3) is 0. The summed E-state index contributed by atoms with van der Waals surface area (Å²) in [6, 6.07) is 14.9. The number of nitrogens with one attached hydrogen (secondary N) is 2. The molecule has 1 amide bonds. The van der Waals surface area contributed by atoms with Crippen molar-refractivity contribution in [1.82, 2.24) is 9.97 Å². The molecule has 2 aromatic heterocycles. The Kier molecular flexibility index (Phi) is 3.78. The zero-order valence-corrected chi connectivity index (χ0v) is 13.6. The summed E-state index contributed by atoms with van der Waals surface area (Å²) in [6.45, 7) is 0. The summed E-state index contributed by atoms with van der Waals surface area (Å²) < 4.78 is 0. The van der Waals surface area contributed by atoms with Gasteiger partial charge in [0, 0.05) is 29.0 Å². The second kappa shape index (κ2) is 6.25. The lowest BCUT2D eigenvalue weighted by molar-refractivity contribution is 0.102. The predicted octanol–water partition coefficient (Wildman–Crippen LogP) is 3.89. The first-order valence-corrected chi connectivity index (χ1v) is 7.97. The largest absolute Gasteiger partial charge is 0.508 e. The van der Waals surface area contributed by atoms with Gasteiger partial charge in [0.05, 0.1) is 5.56 Å². The predicted molar refractivity (Wildman–Crippen MR) is 99.3 cm³/mol. The molecule has 4 rings (SSSR count). The third kappa shape index (κ3) is 2.95. The number of fused-ring (bicyclic) bond motifs is 1. The molecule has 0 atom stereocenters. The van der Waals surface area contributed by atoms with E-state index < -0.39 is 0 Å². The van der Waals surface area contributed by atoms with Crippen molar-refractivity contribution in [2.75, 3.05) is 5.32 Å². The molecule has 6 nitrogen and oxygen atoms in total. The number of aromatic amines is 1. The Labute approximate surface area is 148 Å². The van der Waals surface area contributed by atoms with Gasteiger partial charge in [-0.1, -0.05) is 12.1 Å². The minimum atomic E-state index is -0.289. The normalized spacial score (nSPS) is 10.8. The van der Waals surface area contributed by atoms with Gasteiger partial charge in [0.2, 0.25) is 0 Å². The van der Waals surface area contributed by atoms with Crippen LogP contribution < -0.4 is 5.32 Å². The van der Waals surface area contributed by atoms with Gasteiger partial charge in [0.25, 0.3) is 5.91 Å². The molecule has 4 N–H and O–H groups in total. The van der Waals surface area contributed by atoms with Crippen molar-refractivity contribution in [2.45, 2.75) is 0 Å². The molecule has 0 saturated heterocycles. The Morgan fingerprint density at radius 1 is 0.962 bits per heavy atom. The minimum Gasteiger partial charge on any atom is -0.508 e. The van der Waals surface area contributed by atoms with Gasteiger partial charge in [0.15, 0.2) is 0 Å². The molecule has 6 heteroatoms. The summed E-state index contributed by atoms with van der Waals surface area (Å²) >= 11 is 0. The zero-order valence-electron chi connectivity index (χ0n) is 13.6. The average molecular weight is 345 g/mol. The first-order valence-electron chi connectivity index (χ1n) is 7.97. The maximum Gasteiger partial charge on any atom is 0.257 e. The summed E-state index contributed by atoms with van der Waals surface area (Å²) in [5.41, 5.74) is 3.49. The van der Waals surface area contributed by atoms with Gasteiger partial charge in [-0.2, -0.15) is 0 Å². The molecule has 2 heterocycles. The summed E-state index contributed by atoms with van der Waals surface area (Å²) in [4.78, 5) is 19.9. The number of hydrogen-bond donors (Lipinski definition) is 4. The van der Waals surface area contributed by atoms with E-state index in [0.717, 1.165) is 16.5 Å². The molecule has 0 fully saturated rings. The molecule has 0 radical (unpaired) electrons. The highest BCUT2D eigenvalue weighted by Crippen LogP contribution is 2.29. The Balaban J connectivity index is 1.68. The molecule has 0 bridgehead atoms. The molecule has 26 heavy (non-hydrogen) atoms. The van der Waals surface area contributed by atoms with Crippen LogP contribution in [-0.4, -0.2) is 26.1 Å². The third-order valence-electron chi connectivity index (χ3n) is 4.10. The summed E-state index contributed by atoms with van der Waals surface area (Å²) in [6.07, 6.45) is 3.33. The number of nitrogens with zero attached hydrogens (tertiary/aromatic N) is 1. The Morgan fingerprint density at radius 3 is 2.31 bits per heavy atom. The van der Waals surface area contributed by atoms with E-state index in [9.17, 15) is 15.0 Å². The number of anilines is 1. The number of hydrogen-bond acceptors (Lipinski definition) is 4. The number of carbonyl (C=O) groups is 1. The number of aromatic hydroxyl groups is 2. The van der Waals surface area contributed by atoms with Crippen molar-refractivity contribution in [2.24, 2.45) is 0 Å². The molecule has 0 unspecified atom stereocenters. The quantitative estimate of drug-likeness (QED) is 0.423. The minimum absolute atomic E-state index is 0.136. The lowest BCUT2D eigenvalue weighted by Gasteiger charge is -2.06. The van der Waals surface area contributed by atoms with Gasteiger partial charge >= 0.3 is 0 Å². The van der Waals surface area contributed by atoms with Crippen molar-refractivity contribution in [3.05, 3.63) is 72.6 Å². The molecular formula is C20H15N3O3. The van der Waals surface area contributed by atoms with Crippen molar-refractivity contribution >= 4 is 22.6 Å². The third-order valence-corrected chi connectivity index (χ3v) is 4.10. The highest BCUT2D eigenvalue weighted by atomic mass is 16.3. The van der Waals surface area contributed by atoms with Crippen molar-refractivity contribution in [3.63, 3.8) is 0 Å². The topological polar surface area (TPSA) is 98.2 Å². The van der Waals surface area contributed by atoms with Crippen LogP contribution in [0.1, 0.15) is 10.4 Å². The van der Waals surface area contributed by atoms with E-state index in [1.165, 1.54) is 18.3 Å². The van der Waals surface area contributed by atoms with Gasteiger partial charge in [-0.3, -0.25) is 4.79 Å². The first kappa shape index (κ1) is 15.7. The maximum atomic E-state index is 12.5. The van der Waals surface area contributed by atoms with E-state index in [1.54, 1.807) is 42.5 Å². The van der Waals surface area contributed by atoms with E-state index in [0.29, 0.717) is 16.9 Å². The van der Waals surface area contributed by atoms with Crippen LogP contribution >= 0.6 is 0 Å². The number of amides is 1. The lowest BCUT2D eigenvalue weighted by Crippen LogP contribution is -2.12. The van der Waals surface area contributed by atoms with E-state index >= 15 is 0 Å². The molecule has 0 aliphatic heterocycles. The summed E-state index contributed by atoms with van der Waals surface area (Å²) in [5.74, 6) is 0.0422. The SMILES string of the molecule is O=C(Nc1ccc(O)cc1)c1cnc2[nH]cc(-c3ccc(O)cc3)c2c1. The molecule has 128 valence electrons. The van der Waals surface area contributed by atoms with Crippen LogP contribution in [0.5, 0.6) is 11.5 Å². The molecule has 0 spiro atoms. The van der Waals surface area contributed by atoms with Crippen LogP contribution in [0.3, 0.4) is 0 Å². The Bertz CT molecular complexity index is 1080. The van der Waals surface area contributed by atoms with E-state index in [4.69, 9.17) is 0 Å². The maximum absolute atomic E-state index is 12.5. The molecule has 0 aliphatic carbocycles. The van der Waals surface area contributed by atoms with E-state index in [1.807, 2.05) is 6.20 Å². The van der Waals surface area contributed by atoms with Crippen LogP contribution in [0.15, 0.2) is 67.0 Å². The van der Waals surface area contributed by atoms with E-state index in [2.05, 4.69) is 15.3 Å². The molecular weight excluding hydrogens is 330 g/mol. The summed E-state index contributed by atoms with van der Waals surface area (Å²) in [5, 5.41) is 22.4. The Morgan fingerprint density at radius 2 is 1.62 bits per heavy atom. The Hall–Kier alpha value is -3.80. The molecule has 4 aromatic rings. The average Bonchev–Trinajstić information content (AvgIpc) is 3.07. The number of phenols is 2. The highest BCUT2D eigenvalue weighted by Gasteiger charge is 2.12. The van der Waals surface area contributed by atoms with Crippen LogP contribution in [0.25, 0.3) is 22.2 Å². The van der Waals surface area contributed by atoms with E-state index in [-0.39, 0.29) is 17.4 Å². The van der Waals surface area contributed by atoms with Crippen LogP contribution in [-0.2, 0) is 0 Å². The number of aromatic nitrogens is 2. The van der Waals surface area contributed by atoms with Gasteiger partial charge in [-0.25, -0.2) is 4.98 Å². The molecule has 0 saturated carbocycles. The fourth-order valence-corrected chi connectivity index (χ4v) is 2.76. The standard InChI is InChI=1S/C20H15N3O3/c24-15-5-1-12(2-6-15)18-11-22-19-17(18)9-13(10-21-19)20(26)23-14-3-7-16(25)8-4-14/h1-11,24-25H,(H,21,22)(H,23,26). The second-order valence-corrected chi connectivity index (χ2v) is 5.87. The van der Waals surface area contributed by atoms with Crippen molar-refractivity contribution in [1.29, 1.82) is 0 Å². The monoisotopic (exact) mass is 345 g/mol. The number of carbonyl (C=O) groups excluding carboxylic acids is 1. The summed E-state index contributed by atoms with van der Waals surface area (Å²) in [7, 11) is 0. The highest BCUT2D eigenvalue weighted by molar-refractivity contribution is 6.07. The fourth-order valence-electron chi connectivity index (χ4n) is 2.76. The van der Waals surface area contributed by atoms with Crippen molar-refractivity contribution < 1.29 is 15.0 Å². The van der Waals surface area contributed by atoms with Gasteiger partial charge in [-0.05, 0) is 48.0 Å². The zero-order chi connectivity index (χ0) is 18.1. The first-order chi connectivity index (χ1) is 12.6. The van der Waals surface area contributed by atoms with Gasteiger partial charge < -0.3 is 20.5 Å². The number of pyridine rings is 1. The number of benzene rings is 2. The van der Waals surface area contributed by atoms with Crippen molar-refractivity contribution in [3.8, 4) is 22.6 Å². The second-order valence-electron chi connectivity index (χ2n) is 5.87. The lowest BCUT2D eigenvalue weighted by atomic mass is 10.0.